The van der Waals surface area contributed by atoms with Crippen LogP contribution in [0.2, 0.25) is 0 Å². The molecule has 174 valence electrons. The van der Waals surface area contributed by atoms with Crippen molar-refractivity contribution in [3.8, 4) is 11.3 Å². The number of hydrogen-bond donors (Lipinski definition) is 1. The average Bonchev–Trinajstić information content (AvgIpc) is 3.21. The monoisotopic (exact) mass is 463 g/mol. The third kappa shape index (κ3) is 5.19. The summed E-state index contributed by atoms with van der Waals surface area (Å²) in [5, 5.41) is 9.00. The maximum absolute atomic E-state index is 9.00. The van der Waals surface area contributed by atoms with Crippen LogP contribution >= 0.6 is 11.8 Å². The first kappa shape index (κ1) is 22.7. The van der Waals surface area contributed by atoms with Crippen LogP contribution in [0.25, 0.3) is 11.3 Å². The number of rotatable bonds is 7. The first-order valence-electron chi connectivity index (χ1n) is 12.0. The Morgan fingerprint density at radius 3 is 2.64 bits per heavy atom. The number of piperidine rings is 1. The van der Waals surface area contributed by atoms with Crippen LogP contribution < -0.4 is 0 Å². The number of imidazole rings is 1. The minimum atomic E-state index is -0.126. The van der Waals surface area contributed by atoms with Gasteiger partial charge in [0.1, 0.15) is 11.9 Å². The predicted molar refractivity (Wildman–Crippen MR) is 134 cm³/mol. The van der Waals surface area contributed by atoms with Crippen LogP contribution in [-0.4, -0.2) is 58.2 Å². The molecule has 5 nitrogen and oxygen atoms in total. The third-order valence-electron chi connectivity index (χ3n) is 6.72. The van der Waals surface area contributed by atoms with Crippen molar-refractivity contribution in [3.05, 3.63) is 71.7 Å². The molecule has 0 amide bonds. The van der Waals surface area contributed by atoms with E-state index >= 15 is 0 Å². The molecule has 0 aliphatic carbocycles. The summed E-state index contributed by atoms with van der Waals surface area (Å²) in [4.78, 5) is 8.74. The van der Waals surface area contributed by atoms with Gasteiger partial charge in [-0.1, -0.05) is 36.4 Å². The van der Waals surface area contributed by atoms with Gasteiger partial charge in [0.05, 0.1) is 11.8 Å². The van der Waals surface area contributed by atoms with Crippen LogP contribution in [0.15, 0.2) is 59.6 Å². The van der Waals surface area contributed by atoms with Crippen molar-refractivity contribution in [3.63, 3.8) is 0 Å². The van der Waals surface area contributed by atoms with Gasteiger partial charge in [0.2, 0.25) is 0 Å². The van der Waals surface area contributed by atoms with E-state index in [0.717, 1.165) is 68.2 Å². The molecule has 6 heteroatoms. The minimum absolute atomic E-state index is 0.126. The van der Waals surface area contributed by atoms with Crippen molar-refractivity contribution in [2.24, 2.45) is 0 Å². The van der Waals surface area contributed by atoms with Gasteiger partial charge in [0.25, 0.3) is 0 Å². The molecule has 2 aromatic carbocycles. The molecule has 2 aliphatic heterocycles. The van der Waals surface area contributed by atoms with E-state index in [0.29, 0.717) is 0 Å². The molecule has 1 saturated heterocycles. The van der Waals surface area contributed by atoms with Crippen LogP contribution in [0, 0.1) is 0 Å². The molecule has 1 N–H and O–H groups in total. The molecule has 5 rings (SSSR count). The Bertz CT molecular complexity index is 1060. The van der Waals surface area contributed by atoms with Crippen LogP contribution in [-0.2, 0) is 17.7 Å². The second-order valence-electron chi connectivity index (χ2n) is 9.10. The predicted octanol–water partition coefficient (Wildman–Crippen LogP) is 4.78. The van der Waals surface area contributed by atoms with Crippen molar-refractivity contribution in [1.82, 2.24) is 14.5 Å². The number of aliphatic hydroxyl groups excluding tert-OH is 1. The lowest BCUT2D eigenvalue weighted by molar-refractivity contribution is -0.0275. The summed E-state index contributed by atoms with van der Waals surface area (Å²) in [5.74, 6) is 1.96. The van der Waals surface area contributed by atoms with Crippen molar-refractivity contribution in [2.75, 3.05) is 32.5 Å². The molecule has 1 aromatic heterocycles. The number of benzene rings is 2. The number of nitrogens with zero attached hydrogens (tertiary/aromatic N) is 3. The van der Waals surface area contributed by atoms with Gasteiger partial charge in [-0.15, -0.1) is 11.8 Å². The molecule has 2 aliphatic rings. The summed E-state index contributed by atoms with van der Waals surface area (Å²) in [6, 6.07) is 17.3. The highest BCUT2D eigenvalue weighted by atomic mass is 32.2. The number of hydrogen-bond acceptors (Lipinski definition) is 5. The highest BCUT2D eigenvalue weighted by molar-refractivity contribution is 7.99. The molecule has 0 bridgehead atoms. The van der Waals surface area contributed by atoms with Gasteiger partial charge in [-0.05, 0) is 56.0 Å². The number of aromatic nitrogens is 2. The van der Waals surface area contributed by atoms with Gasteiger partial charge >= 0.3 is 0 Å². The maximum Gasteiger partial charge on any atom is 0.143 e. The largest absolute Gasteiger partial charge is 0.396 e. The van der Waals surface area contributed by atoms with Crippen LogP contribution in [0.3, 0.4) is 0 Å². The smallest absolute Gasteiger partial charge is 0.143 e. The summed E-state index contributed by atoms with van der Waals surface area (Å²) >= 11 is 1.78. The summed E-state index contributed by atoms with van der Waals surface area (Å²) in [6.07, 6.45) is 6.28. The van der Waals surface area contributed by atoms with Gasteiger partial charge in [0.15, 0.2) is 0 Å². The lowest BCUT2D eigenvalue weighted by Gasteiger charge is -2.32. The normalized spacial score (nSPS) is 19.2. The Hall–Kier alpha value is -2.12. The average molecular weight is 464 g/mol. The Kier molecular flexibility index (Phi) is 7.16. The Morgan fingerprint density at radius 1 is 1.06 bits per heavy atom. The standard InChI is InChI=1S/C27H33N3O2S/c1-29-14-12-22(13-15-29)32-26-24-6-3-2-5-20(24)11-16-30-19-25(28-27(26)30)21-7-9-23(10-8-21)33-18-4-17-31/h2-3,5-10,19,22,26,31H,4,11-18H2,1H3. The fourth-order valence-electron chi connectivity index (χ4n) is 4.78. The van der Waals surface area contributed by atoms with Crippen molar-refractivity contribution in [1.29, 1.82) is 0 Å². The lowest BCUT2D eigenvalue weighted by atomic mass is 10.00. The van der Waals surface area contributed by atoms with Gasteiger partial charge in [0, 0.05) is 48.6 Å². The van der Waals surface area contributed by atoms with E-state index in [-0.39, 0.29) is 18.8 Å². The molecule has 1 fully saturated rings. The molecule has 3 aromatic rings. The van der Waals surface area contributed by atoms with E-state index in [9.17, 15) is 0 Å². The number of aryl methyl sites for hydroxylation is 2. The molecule has 1 unspecified atom stereocenters. The second kappa shape index (κ2) is 10.4. The van der Waals surface area contributed by atoms with E-state index in [1.807, 2.05) is 0 Å². The molecule has 0 saturated carbocycles. The summed E-state index contributed by atoms with van der Waals surface area (Å²) in [6.45, 7) is 3.33. The van der Waals surface area contributed by atoms with Crippen molar-refractivity contribution in [2.45, 2.75) is 49.3 Å². The number of thioether (sulfide) groups is 1. The molecule has 1 atom stereocenters. The zero-order chi connectivity index (χ0) is 22.6. The molecule has 33 heavy (non-hydrogen) atoms. The third-order valence-corrected chi connectivity index (χ3v) is 7.82. The summed E-state index contributed by atoms with van der Waals surface area (Å²) in [7, 11) is 2.19. The number of likely N-dealkylation sites (tertiary alicyclic amines) is 1. The lowest BCUT2D eigenvalue weighted by Crippen LogP contribution is -2.35. The molecular weight excluding hydrogens is 430 g/mol. The van der Waals surface area contributed by atoms with Crippen LogP contribution in [0.4, 0.5) is 0 Å². The molecule has 3 heterocycles. The number of aliphatic hydroxyl groups is 1. The van der Waals surface area contributed by atoms with E-state index in [4.69, 9.17) is 14.8 Å². The first-order chi connectivity index (χ1) is 16.2. The quantitative estimate of drug-likeness (QED) is 0.404. The van der Waals surface area contributed by atoms with Gasteiger partial charge < -0.3 is 19.3 Å². The zero-order valence-corrected chi connectivity index (χ0v) is 20.1. The van der Waals surface area contributed by atoms with Crippen molar-refractivity contribution < 1.29 is 9.84 Å². The Morgan fingerprint density at radius 2 is 1.85 bits per heavy atom. The number of fused-ring (bicyclic) bond motifs is 2. The van der Waals surface area contributed by atoms with Gasteiger partial charge in [-0.2, -0.15) is 0 Å². The summed E-state index contributed by atoms with van der Waals surface area (Å²) in [5.41, 5.74) is 4.77. The van der Waals surface area contributed by atoms with E-state index < -0.39 is 0 Å². The Balaban J connectivity index is 1.42. The topological polar surface area (TPSA) is 50.5 Å². The Labute approximate surface area is 200 Å². The highest BCUT2D eigenvalue weighted by Gasteiger charge is 2.30. The SMILES string of the molecule is CN1CCC(OC2c3ccccc3CCn3cc(-c4ccc(SCCCO)cc4)nc32)CC1. The fourth-order valence-corrected chi connectivity index (χ4v) is 5.62. The van der Waals surface area contributed by atoms with E-state index in [2.05, 4.69) is 71.2 Å². The van der Waals surface area contributed by atoms with Crippen LogP contribution in [0.1, 0.15) is 42.3 Å². The van der Waals surface area contributed by atoms with Gasteiger partial charge in [-0.3, -0.25) is 0 Å². The minimum Gasteiger partial charge on any atom is -0.396 e. The first-order valence-corrected chi connectivity index (χ1v) is 13.0. The van der Waals surface area contributed by atoms with Crippen molar-refractivity contribution >= 4 is 11.8 Å². The van der Waals surface area contributed by atoms with Gasteiger partial charge in [-0.25, -0.2) is 4.98 Å². The molecule has 0 spiro atoms. The zero-order valence-electron chi connectivity index (χ0n) is 19.3. The molecular formula is C27H33N3O2S. The second-order valence-corrected chi connectivity index (χ2v) is 10.3. The summed E-state index contributed by atoms with van der Waals surface area (Å²) < 4.78 is 9.11. The van der Waals surface area contributed by atoms with E-state index in [1.165, 1.54) is 16.0 Å². The fraction of sp³-hybridized carbons (Fsp3) is 0.444. The van der Waals surface area contributed by atoms with Crippen LogP contribution in [0.5, 0.6) is 0 Å². The molecule has 0 radical (unpaired) electrons. The number of ether oxygens (including phenoxy) is 1. The highest BCUT2D eigenvalue weighted by Crippen LogP contribution is 2.36. The maximum atomic E-state index is 9.00. The van der Waals surface area contributed by atoms with E-state index in [1.54, 1.807) is 11.8 Å².